The molecule has 2 aliphatic carbocycles. The molecule has 4 aromatic rings. The van der Waals surface area contributed by atoms with E-state index in [1.54, 1.807) is 0 Å². The van der Waals surface area contributed by atoms with Crippen LogP contribution in [0, 0.1) is 0 Å². The normalized spacial score (nSPS) is 18.5. The molecule has 3 aromatic carbocycles. The van der Waals surface area contributed by atoms with E-state index in [0.717, 1.165) is 59.1 Å². The molecule has 0 bridgehead atoms. The first-order chi connectivity index (χ1) is 17.3. The van der Waals surface area contributed by atoms with Crippen LogP contribution < -0.4 is 4.74 Å². The van der Waals surface area contributed by atoms with E-state index in [9.17, 15) is 0 Å². The summed E-state index contributed by atoms with van der Waals surface area (Å²) in [5.41, 5.74) is 6.88. The number of aromatic nitrogens is 2. The molecule has 3 nitrogen and oxygen atoms in total. The van der Waals surface area contributed by atoms with Gasteiger partial charge >= 0.3 is 0 Å². The van der Waals surface area contributed by atoms with Crippen molar-refractivity contribution >= 4 is 16.3 Å². The van der Waals surface area contributed by atoms with Crippen molar-refractivity contribution in [2.24, 2.45) is 0 Å². The highest BCUT2D eigenvalue weighted by Gasteiger charge is 2.26. The van der Waals surface area contributed by atoms with Gasteiger partial charge in [0, 0.05) is 28.9 Å². The van der Waals surface area contributed by atoms with E-state index in [1.165, 1.54) is 34.8 Å². The predicted octanol–water partition coefficient (Wildman–Crippen LogP) is 8.24. The van der Waals surface area contributed by atoms with Crippen LogP contribution in [-0.2, 0) is 0 Å². The molecule has 0 saturated heterocycles. The van der Waals surface area contributed by atoms with Crippen LogP contribution in [0.2, 0.25) is 0 Å². The van der Waals surface area contributed by atoms with Crippen LogP contribution in [0.15, 0.2) is 96.8 Å². The van der Waals surface area contributed by atoms with E-state index in [4.69, 9.17) is 14.7 Å². The molecule has 1 aliphatic heterocycles. The Morgan fingerprint density at radius 1 is 0.771 bits per heavy atom. The topological polar surface area (TPSA) is 35.0 Å². The number of nitrogens with zero attached hydrogens (tertiary/aromatic N) is 2. The lowest BCUT2D eigenvalue weighted by atomic mass is 9.86. The monoisotopic (exact) mass is 454 g/mol. The van der Waals surface area contributed by atoms with Crippen molar-refractivity contribution in [1.82, 2.24) is 9.97 Å². The van der Waals surface area contributed by atoms with Crippen LogP contribution in [-0.4, -0.2) is 9.97 Å². The van der Waals surface area contributed by atoms with E-state index in [0.29, 0.717) is 0 Å². The fraction of sp³-hybridized carbons (Fsp3) is 0.188. The molecule has 1 unspecified atom stereocenters. The van der Waals surface area contributed by atoms with Gasteiger partial charge in [0.1, 0.15) is 17.3 Å². The summed E-state index contributed by atoms with van der Waals surface area (Å²) in [6.45, 7) is 0. The second kappa shape index (κ2) is 8.35. The van der Waals surface area contributed by atoms with E-state index in [2.05, 4.69) is 85.0 Å². The third-order valence-corrected chi connectivity index (χ3v) is 7.38. The minimum atomic E-state index is 0.181. The minimum absolute atomic E-state index is 0.181. The molecule has 0 amide bonds. The predicted molar refractivity (Wildman–Crippen MR) is 142 cm³/mol. The van der Waals surface area contributed by atoms with Crippen LogP contribution in [0.4, 0.5) is 0 Å². The molecule has 0 radical (unpaired) electrons. The van der Waals surface area contributed by atoms with Crippen LogP contribution in [0.1, 0.15) is 49.4 Å². The van der Waals surface area contributed by atoms with Gasteiger partial charge in [-0.05, 0) is 60.4 Å². The zero-order valence-corrected chi connectivity index (χ0v) is 19.6. The quantitative estimate of drug-likeness (QED) is 0.313. The largest absolute Gasteiger partial charge is 0.461 e. The Balaban J connectivity index is 1.44. The highest BCUT2D eigenvalue weighted by atomic mass is 16.5. The van der Waals surface area contributed by atoms with E-state index in [-0.39, 0.29) is 5.92 Å². The third-order valence-electron chi connectivity index (χ3n) is 7.38. The van der Waals surface area contributed by atoms with Crippen molar-refractivity contribution in [3.8, 4) is 28.3 Å². The maximum absolute atomic E-state index is 6.44. The van der Waals surface area contributed by atoms with Gasteiger partial charge in [-0.15, -0.1) is 0 Å². The molecular weight excluding hydrogens is 428 g/mol. The van der Waals surface area contributed by atoms with E-state index < -0.39 is 0 Å². The van der Waals surface area contributed by atoms with Gasteiger partial charge in [0.05, 0.1) is 11.4 Å². The summed E-state index contributed by atoms with van der Waals surface area (Å²) in [5.74, 6) is 3.19. The average molecular weight is 455 g/mol. The minimum Gasteiger partial charge on any atom is -0.461 e. The molecule has 2 heterocycles. The average Bonchev–Trinajstić information content (AvgIpc) is 2.94. The standard InChI is InChI=1S/C32H26N2O/c1-3-10-21(11-4-1)27-20-28(34-32(33-27)22-12-5-2-6-13-22)23-18-19-30-31-25(23)15-9-16-26(31)24-14-7-8-17-29(24)35-30/h1-6,9-12,15-16,18-20,22H,7-8,13-14,17H2. The first-order valence-corrected chi connectivity index (χ1v) is 12.6. The zero-order chi connectivity index (χ0) is 23.2. The molecule has 0 fully saturated rings. The van der Waals surface area contributed by atoms with Gasteiger partial charge in [-0.2, -0.15) is 0 Å². The van der Waals surface area contributed by atoms with Crippen molar-refractivity contribution in [3.05, 3.63) is 108 Å². The molecule has 0 N–H and O–H groups in total. The van der Waals surface area contributed by atoms with Gasteiger partial charge in [-0.1, -0.05) is 72.8 Å². The second-order valence-electron chi connectivity index (χ2n) is 9.57. The maximum atomic E-state index is 6.44. The SMILES string of the molecule is C1=CCC(c2nc(-c3ccccc3)cc(-c3ccc4c5c(cccc35)C3=C(CCCC3)O4)n2)C=C1. The summed E-state index contributed by atoms with van der Waals surface area (Å²) in [7, 11) is 0. The third kappa shape index (κ3) is 3.50. The lowest BCUT2D eigenvalue weighted by molar-refractivity contribution is 0.389. The first kappa shape index (κ1) is 20.4. The second-order valence-corrected chi connectivity index (χ2v) is 9.57. The number of benzene rings is 3. The maximum Gasteiger partial charge on any atom is 0.136 e. The molecule has 170 valence electrons. The number of allylic oxidation sites excluding steroid dienone is 6. The van der Waals surface area contributed by atoms with E-state index in [1.807, 2.05) is 6.07 Å². The molecule has 1 aromatic heterocycles. The van der Waals surface area contributed by atoms with Crippen molar-refractivity contribution < 1.29 is 4.74 Å². The molecule has 7 rings (SSSR count). The Bertz CT molecular complexity index is 1550. The van der Waals surface area contributed by atoms with Crippen LogP contribution in [0.5, 0.6) is 5.75 Å². The van der Waals surface area contributed by atoms with Gasteiger partial charge in [0.2, 0.25) is 0 Å². The summed E-state index contributed by atoms with van der Waals surface area (Å²) in [6, 6.07) is 23.5. The van der Waals surface area contributed by atoms with Crippen molar-refractivity contribution in [3.63, 3.8) is 0 Å². The Morgan fingerprint density at radius 3 is 2.54 bits per heavy atom. The van der Waals surface area contributed by atoms with Gasteiger partial charge in [-0.25, -0.2) is 9.97 Å². The number of rotatable bonds is 3. The smallest absolute Gasteiger partial charge is 0.136 e. The highest BCUT2D eigenvalue weighted by Crippen LogP contribution is 2.47. The van der Waals surface area contributed by atoms with Crippen LogP contribution in [0.25, 0.3) is 38.9 Å². The number of ether oxygens (including phenoxy) is 1. The van der Waals surface area contributed by atoms with E-state index >= 15 is 0 Å². The fourth-order valence-corrected chi connectivity index (χ4v) is 5.64. The first-order valence-electron chi connectivity index (χ1n) is 12.6. The Kier molecular flexibility index (Phi) is 4.87. The van der Waals surface area contributed by atoms with Crippen LogP contribution >= 0.6 is 0 Å². The lowest BCUT2D eigenvalue weighted by Gasteiger charge is -2.28. The summed E-state index contributed by atoms with van der Waals surface area (Å²) in [4.78, 5) is 10.2. The van der Waals surface area contributed by atoms with Crippen molar-refractivity contribution in [1.29, 1.82) is 0 Å². The summed E-state index contributed by atoms with van der Waals surface area (Å²) >= 11 is 0. The fourth-order valence-electron chi connectivity index (χ4n) is 5.64. The molecule has 0 spiro atoms. The van der Waals surface area contributed by atoms with Gasteiger partial charge in [0.15, 0.2) is 0 Å². The van der Waals surface area contributed by atoms with Gasteiger partial charge in [-0.3, -0.25) is 0 Å². The zero-order valence-electron chi connectivity index (χ0n) is 19.6. The Hall–Kier alpha value is -3.98. The van der Waals surface area contributed by atoms with Crippen molar-refractivity contribution in [2.45, 2.75) is 38.0 Å². The molecule has 3 aliphatic rings. The number of fused-ring (bicyclic) bond motifs is 1. The van der Waals surface area contributed by atoms with Crippen LogP contribution in [0.3, 0.4) is 0 Å². The highest BCUT2D eigenvalue weighted by molar-refractivity contribution is 6.06. The molecule has 35 heavy (non-hydrogen) atoms. The molecule has 3 heteroatoms. The number of hydrogen-bond donors (Lipinski definition) is 0. The lowest BCUT2D eigenvalue weighted by Crippen LogP contribution is -2.11. The molecule has 0 saturated carbocycles. The molecule has 1 atom stereocenters. The molecular formula is C32H26N2O. The summed E-state index contributed by atoms with van der Waals surface area (Å²) in [5, 5.41) is 2.41. The Labute approximate surface area is 205 Å². The van der Waals surface area contributed by atoms with Crippen molar-refractivity contribution in [2.75, 3.05) is 0 Å². The Morgan fingerprint density at radius 2 is 1.66 bits per heavy atom. The number of hydrogen-bond acceptors (Lipinski definition) is 3. The summed E-state index contributed by atoms with van der Waals surface area (Å²) in [6.07, 6.45) is 14.1. The van der Waals surface area contributed by atoms with Gasteiger partial charge in [0.25, 0.3) is 0 Å². The van der Waals surface area contributed by atoms with Gasteiger partial charge < -0.3 is 4.74 Å². The summed E-state index contributed by atoms with van der Waals surface area (Å²) < 4.78 is 6.44.